The van der Waals surface area contributed by atoms with Crippen LogP contribution < -0.4 is 10.1 Å². The molecule has 0 saturated carbocycles. The highest BCUT2D eigenvalue weighted by atomic mass is 32.2. The number of nitrogens with one attached hydrogen (secondary N) is 1. The standard InChI is InChI=1S/C17H26N2O4S2/c1-13(2)10-18-17(20)16-12-24-8-9-25(21,22)19(16)11-14-4-6-15(23-3)7-5-14/h4-7,13,16H,8-12H2,1-3H3,(H,18,20). The Kier molecular flexibility index (Phi) is 7.15. The first-order valence-corrected chi connectivity index (χ1v) is 11.1. The molecule has 25 heavy (non-hydrogen) atoms. The van der Waals surface area contributed by atoms with Gasteiger partial charge >= 0.3 is 0 Å². The fourth-order valence-corrected chi connectivity index (χ4v) is 5.77. The average Bonchev–Trinajstić information content (AvgIpc) is 2.72. The van der Waals surface area contributed by atoms with Crippen LogP contribution in [0.15, 0.2) is 24.3 Å². The minimum Gasteiger partial charge on any atom is -0.497 e. The minimum atomic E-state index is -3.49. The van der Waals surface area contributed by atoms with Gasteiger partial charge in [0.05, 0.1) is 12.9 Å². The number of ether oxygens (including phenoxy) is 1. The van der Waals surface area contributed by atoms with E-state index in [1.165, 1.54) is 16.1 Å². The van der Waals surface area contributed by atoms with Gasteiger partial charge in [0, 0.05) is 24.6 Å². The van der Waals surface area contributed by atoms with Crippen molar-refractivity contribution < 1.29 is 17.9 Å². The fraction of sp³-hybridized carbons (Fsp3) is 0.588. The molecule has 1 N–H and O–H groups in total. The maximum absolute atomic E-state index is 12.7. The second kappa shape index (κ2) is 8.91. The molecule has 140 valence electrons. The number of rotatable bonds is 6. The fourth-order valence-electron chi connectivity index (χ4n) is 2.50. The predicted molar refractivity (Wildman–Crippen MR) is 101 cm³/mol. The quantitative estimate of drug-likeness (QED) is 0.806. The van der Waals surface area contributed by atoms with Gasteiger partial charge in [0.15, 0.2) is 0 Å². The maximum atomic E-state index is 12.7. The SMILES string of the molecule is COc1ccc(CN2C(C(=O)NCC(C)C)CSCCS2(=O)=O)cc1. The molecule has 1 aromatic rings. The van der Waals surface area contributed by atoms with Gasteiger partial charge in [0.1, 0.15) is 11.8 Å². The third-order valence-electron chi connectivity index (χ3n) is 3.95. The Balaban J connectivity index is 2.23. The smallest absolute Gasteiger partial charge is 0.239 e. The number of amides is 1. The van der Waals surface area contributed by atoms with Crippen LogP contribution in [-0.4, -0.2) is 55.6 Å². The first-order chi connectivity index (χ1) is 11.8. The first kappa shape index (κ1) is 20.1. The summed E-state index contributed by atoms with van der Waals surface area (Å²) in [4.78, 5) is 12.6. The van der Waals surface area contributed by atoms with Gasteiger partial charge in [-0.3, -0.25) is 4.79 Å². The Bertz CT molecular complexity index is 674. The Morgan fingerprint density at radius 3 is 2.64 bits per heavy atom. The molecule has 1 aliphatic rings. The van der Waals surface area contributed by atoms with Gasteiger partial charge in [0.2, 0.25) is 15.9 Å². The molecule has 0 aliphatic carbocycles. The van der Waals surface area contributed by atoms with E-state index in [1.54, 1.807) is 19.2 Å². The molecule has 0 aromatic heterocycles. The lowest BCUT2D eigenvalue weighted by Gasteiger charge is -2.28. The number of hydrogen-bond acceptors (Lipinski definition) is 5. The molecule has 6 nitrogen and oxygen atoms in total. The third-order valence-corrected chi connectivity index (χ3v) is 7.07. The number of hydrogen-bond donors (Lipinski definition) is 1. The number of methoxy groups -OCH3 is 1. The lowest BCUT2D eigenvalue weighted by atomic mass is 10.2. The summed E-state index contributed by atoms with van der Waals surface area (Å²) in [5.41, 5.74) is 0.831. The Hall–Kier alpha value is -1.25. The summed E-state index contributed by atoms with van der Waals surface area (Å²) in [6.45, 7) is 4.74. The summed E-state index contributed by atoms with van der Waals surface area (Å²) >= 11 is 1.51. The molecule has 0 bridgehead atoms. The topological polar surface area (TPSA) is 75.7 Å². The van der Waals surface area contributed by atoms with Crippen LogP contribution in [-0.2, 0) is 21.4 Å². The Morgan fingerprint density at radius 1 is 1.36 bits per heavy atom. The normalized spacial score (nSPS) is 20.9. The summed E-state index contributed by atoms with van der Waals surface area (Å²) in [6, 6.07) is 6.56. The number of thioether (sulfide) groups is 1. The molecule has 1 fully saturated rings. The molecule has 1 saturated heterocycles. The zero-order valence-corrected chi connectivity index (χ0v) is 16.5. The molecule has 1 aromatic carbocycles. The van der Waals surface area contributed by atoms with E-state index < -0.39 is 16.1 Å². The Labute approximate surface area is 154 Å². The summed E-state index contributed by atoms with van der Waals surface area (Å²) < 4.78 is 31.9. The summed E-state index contributed by atoms with van der Waals surface area (Å²) in [5.74, 6) is 1.84. The molecular formula is C17H26N2O4S2. The van der Waals surface area contributed by atoms with E-state index in [4.69, 9.17) is 4.74 Å². The lowest BCUT2D eigenvalue weighted by molar-refractivity contribution is -0.124. The molecule has 1 heterocycles. The monoisotopic (exact) mass is 386 g/mol. The van der Waals surface area contributed by atoms with E-state index in [9.17, 15) is 13.2 Å². The average molecular weight is 387 g/mol. The van der Waals surface area contributed by atoms with Gasteiger partial charge < -0.3 is 10.1 Å². The van der Waals surface area contributed by atoms with E-state index in [1.807, 2.05) is 26.0 Å². The molecule has 8 heteroatoms. The van der Waals surface area contributed by atoms with Crippen molar-refractivity contribution in [3.63, 3.8) is 0 Å². The van der Waals surface area contributed by atoms with E-state index in [0.29, 0.717) is 29.7 Å². The number of nitrogens with zero attached hydrogens (tertiary/aromatic N) is 1. The van der Waals surface area contributed by atoms with Crippen molar-refractivity contribution in [3.8, 4) is 5.75 Å². The van der Waals surface area contributed by atoms with Crippen LogP contribution in [0.3, 0.4) is 0 Å². The van der Waals surface area contributed by atoms with Gasteiger partial charge in [0.25, 0.3) is 0 Å². The van der Waals surface area contributed by atoms with Crippen molar-refractivity contribution in [2.75, 3.05) is 30.9 Å². The zero-order chi connectivity index (χ0) is 18.4. The van der Waals surface area contributed by atoms with Crippen LogP contribution in [0.1, 0.15) is 19.4 Å². The lowest BCUT2D eigenvalue weighted by Crippen LogP contribution is -2.50. The second-order valence-electron chi connectivity index (χ2n) is 6.44. The van der Waals surface area contributed by atoms with Crippen molar-refractivity contribution >= 4 is 27.7 Å². The third kappa shape index (κ3) is 5.62. The van der Waals surface area contributed by atoms with E-state index >= 15 is 0 Å². The molecular weight excluding hydrogens is 360 g/mol. The highest BCUT2D eigenvalue weighted by Crippen LogP contribution is 2.23. The van der Waals surface area contributed by atoms with Gasteiger partial charge in [-0.2, -0.15) is 16.1 Å². The summed E-state index contributed by atoms with van der Waals surface area (Å²) in [7, 11) is -1.90. The van der Waals surface area contributed by atoms with Gasteiger partial charge in [-0.05, 0) is 23.6 Å². The molecule has 2 rings (SSSR count). The number of carbonyl (C=O) groups excluding carboxylic acids is 1. The van der Waals surface area contributed by atoms with Gasteiger partial charge in [-0.15, -0.1) is 0 Å². The van der Waals surface area contributed by atoms with Crippen LogP contribution in [0.2, 0.25) is 0 Å². The summed E-state index contributed by atoms with van der Waals surface area (Å²) in [5, 5.41) is 2.87. The summed E-state index contributed by atoms with van der Waals surface area (Å²) in [6.07, 6.45) is 0. The van der Waals surface area contributed by atoms with Crippen molar-refractivity contribution in [1.29, 1.82) is 0 Å². The van der Waals surface area contributed by atoms with Crippen LogP contribution in [0.5, 0.6) is 5.75 Å². The van der Waals surface area contributed by atoms with Crippen molar-refractivity contribution in [3.05, 3.63) is 29.8 Å². The van der Waals surface area contributed by atoms with Crippen LogP contribution >= 0.6 is 11.8 Å². The molecule has 1 amide bonds. The molecule has 0 spiro atoms. The molecule has 1 unspecified atom stereocenters. The predicted octanol–water partition coefficient (Wildman–Crippen LogP) is 1.71. The highest BCUT2D eigenvalue weighted by Gasteiger charge is 2.36. The van der Waals surface area contributed by atoms with Crippen molar-refractivity contribution in [2.45, 2.75) is 26.4 Å². The first-order valence-electron chi connectivity index (χ1n) is 8.31. The van der Waals surface area contributed by atoms with Gasteiger partial charge in [-0.25, -0.2) is 8.42 Å². The number of sulfonamides is 1. The molecule has 1 aliphatic heterocycles. The van der Waals surface area contributed by atoms with Crippen LogP contribution in [0.4, 0.5) is 0 Å². The minimum absolute atomic E-state index is 0.0573. The second-order valence-corrected chi connectivity index (χ2v) is 9.63. The molecule has 1 atom stereocenters. The van der Waals surface area contributed by atoms with Crippen LogP contribution in [0, 0.1) is 5.92 Å². The van der Waals surface area contributed by atoms with E-state index in [0.717, 1.165) is 5.56 Å². The number of carbonyl (C=O) groups is 1. The van der Waals surface area contributed by atoms with Gasteiger partial charge in [-0.1, -0.05) is 26.0 Å². The van der Waals surface area contributed by atoms with E-state index in [2.05, 4.69) is 5.32 Å². The zero-order valence-electron chi connectivity index (χ0n) is 14.9. The van der Waals surface area contributed by atoms with E-state index in [-0.39, 0.29) is 18.2 Å². The molecule has 0 radical (unpaired) electrons. The maximum Gasteiger partial charge on any atom is 0.239 e. The Morgan fingerprint density at radius 2 is 2.04 bits per heavy atom. The largest absolute Gasteiger partial charge is 0.497 e. The highest BCUT2D eigenvalue weighted by molar-refractivity contribution is 8.00. The van der Waals surface area contributed by atoms with Crippen molar-refractivity contribution in [1.82, 2.24) is 9.62 Å². The number of benzene rings is 1. The van der Waals surface area contributed by atoms with Crippen molar-refractivity contribution in [2.24, 2.45) is 5.92 Å². The van der Waals surface area contributed by atoms with Crippen LogP contribution in [0.25, 0.3) is 0 Å².